The normalized spacial score (nSPS) is 12.5. The Labute approximate surface area is 270 Å². The van der Waals surface area contributed by atoms with Crippen LogP contribution < -0.4 is 10.2 Å². The van der Waals surface area contributed by atoms with Crippen molar-refractivity contribution in [3.8, 4) is 0 Å². The number of allylic oxidation sites excluding steroid dienone is 1. The molecule has 1 N–H and O–H groups in total. The molecule has 0 aromatic heterocycles. The number of Topliss-reactive ketones (excluding diaryl/α,β-unsaturated/α-hetero) is 1. The van der Waals surface area contributed by atoms with Crippen LogP contribution in [0.1, 0.15) is 73.4 Å². The van der Waals surface area contributed by atoms with Gasteiger partial charge in [-0.05, 0) is 78.3 Å². The van der Waals surface area contributed by atoms with E-state index >= 15 is 4.39 Å². The summed E-state index contributed by atoms with van der Waals surface area (Å²) >= 11 is 6.00. The van der Waals surface area contributed by atoms with E-state index in [0.717, 1.165) is 6.07 Å². The van der Waals surface area contributed by atoms with Gasteiger partial charge < -0.3 is 19.7 Å². The van der Waals surface area contributed by atoms with Gasteiger partial charge in [0.15, 0.2) is 5.48 Å². The molecular formula is C32H43ClFN2O6PS. The van der Waals surface area contributed by atoms with Crippen molar-refractivity contribution in [2.75, 3.05) is 10.7 Å². The highest BCUT2D eigenvalue weighted by Crippen LogP contribution is 2.32. The van der Waals surface area contributed by atoms with Crippen LogP contribution in [-0.4, -0.2) is 45.4 Å². The molecule has 2 aromatic carbocycles. The maximum atomic E-state index is 15.5. The number of carbonyl (C=O) groups excluding carboxylic acids is 3. The summed E-state index contributed by atoms with van der Waals surface area (Å²) in [7, 11) is 1.43. The largest absolute Gasteiger partial charge is 0.456 e. The summed E-state index contributed by atoms with van der Waals surface area (Å²) in [6, 6.07) is 8.56. The van der Waals surface area contributed by atoms with Crippen LogP contribution in [0.3, 0.4) is 0 Å². The van der Waals surface area contributed by atoms with Crippen molar-refractivity contribution in [1.29, 1.82) is 0 Å². The molecule has 2 atom stereocenters. The molecule has 0 saturated carbocycles. The molecule has 2 amide bonds. The topological polar surface area (TPSA) is 102 Å². The van der Waals surface area contributed by atoms with E-state index in [1.165, 1.54) is 17.9 Å². The van der Waals surface area contributed by atoms with Gasteiger partial charge in [0.05, 0.1) is 38.9 Å². The molecular weight excluding hydrogens is 626 g/mol. The summed E-state index contributed by atoms with van der Waals surface area (Å²) in [5.74, 6) is -1.03. The van der Waals surface area contributed by atoms with Gasteiger partial charge in [-0.25, -0.2) is 9.18 Å². The van der Waals surface area contributed by atoms with E-state index in [1.54, 1.807) is 65.8 Å². The van der Waals surface area contributed by atoms with E-state index in [2.05, 4.69) is 20.8 Å². The Hall–Kier alpha value is -3.07. The molecule has 0 radical (unpaired) electrons. The highest BCUT2D eigenvalue weighted by molar-refractivity contribution is 7.85. The van der Waals surface area contributed by atoms with Gasteiger partial charge in [-0.1, -0.05) is 53.0 Å². The molecule has 0 bridgehead atoms. The lowest BCUT2D eigenvalue weighted by Crippen LogP contribution is -2.40. The van der Waals surface area contributed by atoms with Crippen LogP contribution in [0.25, 0.3) is 0 Å². The first kappa shape index (κ1) is 39.0. The van der Waals surface area contributed by atoms with Crippen LogP contribution in [0, 0.1) is 11.2 Å². The standard InChI is InChI=1S/C30H37ClFN2O6PS.C2H6/c1-18(33-28(37)40-29(4,5)6)16-42(38)26-14-24(32)23(27(41)39-20(3)30(7,8)19(2)36)13-25(26)34(17-35)15-21-9-11-22(31)12-10-21;1-2/h9-14,17-18,41H,3,15-16H2,1-2,4-8H3,(H,33,37);1-2H3/t18-,42?;/m1./s1. The fraction of sp³-hybridized carbons (Fsp3) is 0.438. The number of nitrogens with zero attached hydrogens (tertiary/aromatic N) is 1. The van der Waals surface area contributed by atoms with Crippen molar-refractivity contribution in [3.05, 3.63) is 70.7 Å². The van der Waals surface area contributed by atoms with Crippen LogP contribution in [0.15, 0.2) is 53.6 Å². The SMILES string of the molecule is C=C(OC(=P)c1cc(N(C=O)Cc2ccc(Cl)cc2)c(S(=O)C[C@@H](C)NC(=O)OC(C)(C)C)cc1F)C(C)(C)C(C)=O.CC. The molecule has 0 saturated heterocycles. The van der Waals surface area contributed by atoms with E-state index < -0.39 is 39.8 Å². The molecule has 1 unspecified atom stereocenters. The third-order valence-electron chi connectivity index (χ3n) is 6.21. The van der Waals surface area contributed by atoms with Crippen molar-refractivity contribution in [2.24, 2.45) is 5.41 Å². The number of benzene rings is 2. The molecule has 44 heavy (non-hydrogen) atoms. The average molecular weight is 669 g/mol. The monoisotopic (exact) mass is 668 g/mol. The van der Waals surface area contributed by atoms with E-state index in [0.29, 0.717) is 17.0 Å². The number of hydrogen-bond donors (Lipinski definition) is 1. The first-order chi connectivity index (χ1) is 20.3. The zero-order valence-corrected chi connectivity index (χ0v) is 29.4. The number of anilines is 1. The number of ketones is 1. The van der Waals surface area contributed by atoms with E-state index in [1.807, 2.05) is 13.8 Å². The average Bonchev–Trinajstić information content (AvgIpc) is 2.92. The summed E-state index contributed by atoms with van der Waals surface area (Å²) in [5.41, 5.74) is -1.11. The molecule has 0 fully saturated rings. The van der Waals surface area contributed by atoms with Crippen LogP contribution in [-0.2, 0) is 36.4 Å². The second kappa shape index (κ2) is 16.8. The Morgan fingerprint density at radius 3 is 2.23 bits per heavy atom. The fourth-order valence-corrected chi connectivity index (χ4v) is 5.26. The molecule has 0 aliphatic rings. The van der Waals surface area contributed by atoms with Gasteiger partial charge in [0, 0.05) is 16.8 Å². The minimum Gasteiger partial charge on any atom is -0.456 e. The van der Waals surface area contributed by atoms with Gasteiger partial charge in [-0.3, -0.25) is 13.8 Å². The van der Waals surface area contributed by atoms with Crippen molar-refractivity contribution >= 4 is 60.7 Å². The quantitative estimate of drug-likeness (QED) is 0.135. The zero-order chi connectivity index (χ0) is 34.0. The molecule has 242 valence electrons. The van der Waals surface area contributed by atoms with E-state index in [9.17, 15) is 18.6 Å². The highest BCUT2D eigenvalue weighted by atomic mass is 35.5. The molecule has 2 aromatic rings. The third kappa shape index (κ3) is 11.5. The zero-order valence-electron chi connectivity index (χ0n) is 26.8. The highest BCUT2D eigenvalue weighted by Gasteiger charge is 2.31. The van der Waals surface area contributed by atoms with E-state index in [-0.39, 0.29) is 45.5 Å². The van der Waals surface area contributed by atoms with Gasteiger partial charge in [0.25, 0.3) is 0 Å². The summed E-state index contributed by atoms with van der Waals surface area (Å²) in [6.07, 6.45) is -0.143. The number of amides is 2. The molecule has 0 spiro atoms. The fourth-order valence-electron chi connectivity index (χ4n) is 3.46. The number of nitrogens with one attached hydrogen (secondary N) is 1. The summed E-state index contributed by atoms with van der Waals surface area (Å²) in [4.78, 5) is 37.9. The van der Waals surface area contributed by atoms with Crippen LogP contribution in [0.4, 0.5) is 14.9 Å². The molecule has 0 heterocycles. The van der Waals surface area contributed by atoms with Gasteiger partial charge in [0.2, 0.25) is 6.41 Å². The number of ether oxygens (including phenoxy) is 2. The molecule has 2 rings (SSSR count). The maximum absolute atomic E-state index is 15.5. The van der Waals surface area contributed by atoms with Crippen LogP contribution in [0.2, 0.25) is 5.02 Å². The predicted octanol–water partition coefficient (Wildman–Crippen LogP) is 7.46. The van der Waals surface area contributed by atoms with Crippen molar-refractivity contribution in [3.63, 3.8) is 0 Å². The lowest BCUT2D eigenvalue weighted by atomic mass is 9.87. The van der Waals surface area contributed by atoms with Crippen molar-refractivity contribution in [2.45, 2.75) is 85.4 Å². The van der Waals surface area contributed by atoms with Crippen molar-refractivity contribution < 1.29 is 32.5 Å². The second-order valence-electron chi connectivity index (χ2n) is 11.3. The van der Waals surface area contributed by atoms with Gasteiger partial charge in [-0.15, -0.1) is 0 Å². The van der Waals surface area contributed by atoms with Gasteiger partial charge >= 0.3 is 6.09 Å². The molecule has 0 aliphatic carbocycles. The molecule has 12 heteroatoms. The maximum Gasteiger partial charge on any atom is 0.407 e. The number of carbonyl (C=O) groups is 3. The smallest absolute Gasteiger partial charge is 0.407 e. The van der Waals surface area contributed by atoms with Crippen LogP contribution in [0.5, 0.6) is 0 Å². The first-order valence-electron chi connectivity index (χ1n) is 14.0. The van der Waals surface area contributed by atoms with Crippen molar-refractivity contribution in [1.82, 2.24) is 5.32 Å². The van der Waals surface area contributed by atoms with Gasteiger partial charge in [-0.2, -0.15) is 0 Å². The minimum absolute atomic E-state index is 0.0255. The lowest BCUT2D eigenvalue weighted by molar-refractivity contribution is -0.124. The number of hydrogen-bond acceptors (Lipinski definition) is 6. The summed E-state index contributed by atoms with van der Waals surface area (Å²) in [6.45, 7) is 19.3. The number of alkyl carbamates (subject to hydrolysis) is 1. The Morgan fingerprint density at radius 2 is 1.73 bits per heavy atom. The predicted molar refractivity (Wildman–Crippen MR) is 179 cm³/mol. The molecule has 8 nitrogen and oxygen atoms in total. The number of halogens is 2. The Morgan fingerprint density at radius 1 is 1.16 bits per heavy atom. The summed E-state index contributed by atoms with van der Waals surface area (Å²) < 4.78 is 40.1. The molecule has 0 aliphatic heterocycles. The second-order valence-corrected chi connectivity index (χ2v) is 13.6. The van der Waals surface area contributed by atoms with E-state index in [4.69, 9.17) is 21.1 Å². The Bertz CT molecular complexity index is 1390. The van der Waals surface area contributed by atoms with Crippen LogP contribution >= 0.6 is 20.5 Å². The Balaban J connectivity index is 0.00000474. The minimum atomic E-state index is -1.87. The first-order valence-corrected chi connectivity index (χ1v) is 16.2. The number of rotatable bonds is 13. The summed E-state index contributed by atoms with van der Waals surface area (Å²) in [5, 5.41) is 3.13. The Kier molecular flexibility index (Phi) is 14.9. The third-order valence-corrected chi connectivity index (χ3v) is 8.45. The van der Waals surface area contributed by atoms with Gasteiger partial charge in [0.1, 0.15) is 23.0 Å². The lowest BCUT2D eigenvalue weighted by Gasteiger charge is -2.26.